The number of halogens is 2. The van der Waals surface area contributed by atoms with Crippen LogP contribution in [0.3, 0.4) is 0 Å². The van der Waals surface area contributed by atoms with E-state index in [-0.39, 0.29) is 10.9 Å². The monoisotopic (exact) mass is 315 g/mol. The number of piperidine rings is 1. The van der Waals surface area contributed by atoms with Gasteiger partial charge in [0.25, 0.3) is 5.91 Å². The van der Waals surface area contributed by atoms with Gasteiger partial charge in [-0.3, -0.25) is 9.59 Å². The van der Waals surface area contributed by atoms with Crippen LogP contribution in [0.4, 0.5) is 0 Å². The molecule has 0 bridgehead atoms. The van der Waals surface area contributed by atoms with Crippen LogP contribution in [0.1, 0.15) is 30.1 Å². The zero-order chi connectivity index (χ0) is 14.9. The van der Waals surface area contributed by atoms with Gasteiger partial charge in [-0.2, -0.15) is 0 Å². The molecule has 0 atom stereocenters. The Balaban J connectivity index is 2.13. The number of likely N-dealkylation sites (tertiary alicyclic amines) is 1. The molecule has 1 heterocycles. The molecule has 1 amide bonds. The van der Waals surface area contributed by atoms with Crippen molar-refractivity contribution in [3.05, 3.63) is 33.8 Å². The number of hydrogen-bond acceptors (Lipinski definition) is 2. The van der Waals surface area contributed by atoms with Gasteiger partial charge in [0.05, 0.1) is 21.0 Å². The molecule has 1 aliphatic heterocycles. The van der Waals surface area contributed by atoms with E-state index in [1.54, 1.807) is 30.0 Å². The summed E-state index contributed by atoms with van der Waals surface area (Å²) in [5, 5.41) is 9.76. The summed E-state index contributed by atoms with van der Waals surface area (Å²) in [6.45, 7) is 2.53. The first-order valence-electron chi connectivity index (χ1n) is 6.32. The molecule has 2 rings (SSSR count). The van der Waals surface area contributed by atoms with Crippen molar-refractivity contribution in [1.82, 2.24) is 4.90 Å². The van der Waals surface area contributed by atoms with Crippen molar-refractivity contribution in [1.29, 1.82) is 0 Å². The Morgan fingerprint density at radius 3 is 2.40 bits per heavy atom. The van der Waals surface area contributed by atoms with Crippen LogP contribution >= 0.6 is 23.2 Å². The average molecular weight is 316 g/mol. The Hall–Kier alpha value is -1.26. The number of carbonyl (C=O) groups excluding carboxylic acids is 1. The normalized spacial score (nSPS) is 17.9. The maximum Gasteiger partial charge on any atom is 0.309 e. The summed E-state index contributed by atoms with van der Waals surface area (Å²) >= 11 is 11.9. The lowest BCUT2D eigenvalue weighted by molar-refractivity contribution is -0.150. The van der Waals surface area contributed by atoms with Crippen LogP contribution in [0.25, 0.3) is 0 Å². The van der Waals surface area contributed by atoms with E-state index >= 15 is 0 Å². The van der Waals surface area contributed by atoms with Crippen LogP contribution < -0.4 is 0 Å². The number of aliphatic carboxylic acids is 1. The molecule has 4 nitrogen and oxygen atoms in total. The fraction of sp³-hybridized carbons (Fsp3) is 0.429. The zero-order valence-electron chi connectivity index (χ0n) is 11.0. The average Bonchev–Trinajstić information content (AvgIpc) is 2.42. The molecule has 1 aromatic carbocycles. The molecule has 0 spiro atoms. The van der Waals surface area contributed by atoms with Gasteiger partial charge in [-0.25, -0.2) is 0 Å². The number of hydrogen-bond donors (Lipinski definition) is 1. The molecule has 0 unspecified atom stereocenters. The summed E-state index contributed by atoms with van der Waals surface area (Å²) in [6, 6.07) is 4.92. The number of benzene rings is 1. The minimum atomic E-state index is -0.814. The van der Waals surface area contributed by atoms with Gasteiger partial charge in [0.2, 0.25) is 0 Å². The fourth-order valence-corrected chi connectivity index (χ4v) is 2.64. The van der Waals surface area contributed by atoms with Crippen molar-refractivity contribution in [3.63, 3.8) is 0 Å². The third-order valence-corrected chi connectivity index (χ3v) is 4.67. The van der Waals surface area contributed by atoms with E-state index < -0.39 is 11.4 Å². The molecule has 20 heavy (non-hydrogen) atoms. The second-order valence-corrected chi connectivity index (χ2v) is 6.04. The lowest BCUT2D eigenvalue weighted by atomic mass is 9.80. The second-order valence-electron chi connectivity index (χ2n) is 5.26. The highest BCUT2D eigenvalue weighted by atomic mass is 35.5. The van der Waals surface area contributed by atoms with Gasteiger partial charge in [0, 0.05) is 13.1 Å². The predicted molar refractivity (Wildman–Crippen MR) is 77.3 cm³/mol. The van der Waals surface area contributed by atoms with Crippen molar-refractivity contribution in [3.8, 4) is 0 Å². The zero-order valence-corrected chi connectivity index (χ0v) is 12.5. The SMILES string of the molecule is CC1(C(=O)O)CCN(C(=O)c2cccc(Cl)c2Cl)CC1. The Morgan fingerprint density at radius 2 is 1.85 bits per heavy atom. The lowest BCUT2D eigenvalue weighted by Crippen LogP contribution is -2.45. The molecule has 0 saturated carbocycles. The van der Waals surface area contributed by atoms with E-state index in [0.29, 0.717) is 36.5 Å². The van der Waals surface area contributed by atoms with Crippen molar-refractivity contribution in [2.75, 3.05) is 13.1 Å². The number of rotatable bonds is 2. The summed E-state index contributed by atoms with van der Waals surface area (Å²) < 4.78 is 0. The van der Waals surface area contributed by atoms with E-state index in [1.807, 2.05) is 0 Å². The predicted octanol–water partition coefficient (Wildman–Crippen LogP) is 3.32. The Bertz CT molecular complexity index is 551. The first kappa shape index (κ1) is 15.1. The van der Waals surface area contributed by atoms with Gasteiger partial charge in [0.15, 0.2) is 0 Å². The summed E-state index contributed by atoms with van der Waals surface area (Å²) in [5.41, 5.74) is -0.396. The van der Waals surface area contributed by atoms with E-state index in [4.69, 9.17) is 23.2 Å². The quantitative estimate of drug-likeness (QED) is 0.910. The number of amides is 1. The number of carboxylic acid groups (broad SMARTS) is 1. The maximum absolute atomic E-state index is 12.4. The molecule has 1 saturated heterocycles. The second kappa shape index (κ2) is 5.62. The van der Waals surface area contributed by atoms with Crippen LogP contribution in [0.2, 0.25) is 10.0 Å². The van der Waals surface area contributed by atoms with E-state index in [0.717, 1.165) is 0 Å². The molecule has 0 aromatic heterocycles. The van der Waals surface area contributed by atoms with Crippen LogP contribution in [-0.4, -0.2) is 35.0 Å². The smallest absolute Gasteiger partial charge is 0.309 e. The van der Waals surface area contributed by atoms with E-state index in [1.165, 1.54) is 0 Å². The molecular weight excluding hydrogens is 301 g/mol. The van der Waals surface area contributed by atoms with Gasteiger partial charge in [-0.1, -0.05) is 29.3 Å². The summed E-state index contributed by atoms with van der Waals surface area (Å²) in [7, 11) is 0. The molecule has 0 aliphatic carbocycles. The molecule has 0 radical (unpaired) electrons. The highest BCUT2D eigenvalue weighted by Gasteiger charge is 2.38. The molecule has 108 valence electrons. The van der Waals surface area contributed by atoms with Crippen LogP contribution in [-0.2, 0) is 4.79 Å². The molecule has 1 aliphatic rings. The minimum absolute atomic E-state index is 0.204. The lowest BCUT2D eigenvalue weighted by Gasteiger charge is -2.36. The molecule has 1 aromatic rings. The van der Waals surface area contributed by atoms with Gasteiger partial charge < -0.3 is 10.0 Å². The first-order valence-corrected chi connectivity index (χ1v) is 7.07. The summed E-state index contributed by atoms with van der Waals surface area (Å²) in [5.74, 6) is -1.02. The van der Waals surface area contributed by atoms with Gasteiger partial charge in [-0.15, -0.1) is 0 Å². The highest BCUT2D eigenvalue weighted by Crippen LogP contribution is 2.33. The minimum Gasteiger partial charge on any atom is -0.481 e. The van der Waals surface area contributed by atoms with E-state index in [9.17, 15) is 14.7 Å². The van der Waals surface area contributed by atoms with Crippen molar-refractivity contribution >= 4 is 35.1 Å². The van der Waals surface area contributed by atoms with Gasteiger partial charge >= 0.3 is 5.97 Å². The van der Waals surface area contributed by atoms with Gasteiger partial charge in [0.1, 0.15) is 0 Å². The van der Waals surface area contributed by atoms with E-state index in [2.05, 4.69) is 0 Å². The standard InChI is InChI=1S/C14H15Cl2NO3/c1-14(13(19)20)5-7-17(8-6-14)12(18)9-3-2-4-10(15)11(9)16/h2-4H,5-8H2,1H3,(H,19,20). The maximum atomic E-state index is 12.4. The van der Waals surface area contributed by atoms with Crippen molar-refractivity contribution in [2.24, 2.45) is 5.41 Å². The van der Waals surface area contributed by atoms with Crippen molar-refractivity contribution < 1.29 is 14.7 Å². The molecular formula is C14H15Cl2NO3. The van der Waals surface area contributed by atoms with Crippen LogP contribution in [0.15, 0.2) is 18.2 Å². The van der Waals surface area contributed by atoms with Crippen molar-refractivity contribution in [2.45, 2.75) is 19.8 Å². The molecule has 1 fully saturated rings. The van der Waals surface area contributed by atoms with Gasteiger partial charge in [-0.05, 0) is 31.9 Å². The van der Waals surface area contributed by atoms with Crippen LogP contribution in [0.5, 0.6) is 0 Å². The summed E-state index contributed by atoms with van der Waals surface area (Å²) in [6.07, 6.45) is 0.874. The number of carbonyl (C=O) groups is 2. The number of nitrogens with zero attached hydrogens (tertiary/aromatic N) is 1. The topological polar surface area (TPSA) is 57.6 Å². The number of carboxylic acids is 1. The highest BCUT2D eigenvalue weighted by molar-refractivity contribution is 6.43. The molecule has 6 heteroatoms. The summed E-state index contributed by atoms with van der Waals surface area (Å²) in [4.78, 5) is 25.2. The molecule has 1 N–H and O–H groups in total. The Labute approximate surface area is 127 Å². The third kappa shape index (κ3) is 2.76. The Morgan fingerprint density at radius 1 is 1.25 bits per heavy atom. The first-order chi connectivity index (χ1) is 9.35. The fourth-order valence-electron chi connectivity index (χ4n) is 2.26. The van der Waals surface area contributed by atoms with Crippen LogP contribution in [0, 0.1) is 5.41 Å². The third-order valence-electron chi connectivity index (χ3n) is 3.85. The largest absolute Gasteiger partial charge is 0.481 e. The Kier molecular flexibility index (Phi) is 4.25.